The molecule has 1 N–H and O–H groups in total. The summed E-state index contributed by atoms with van der Waals surface area (Å²) in [6.07, 6.45) is 2.08. The van der Waals surface area contributed by atoms with E-state index in [1.54, 1.807) is 0 Å². The van der Waals surface area contributed by atoms with E-state index in [-0.39, 0.29) is 17.9 Å². The molecule has 0 saturated carbocycles. The number of fused-ring (bicyclic) bond motifs is 2. The summed E-state index contributed by atoms with van der Waals surface area (Å²) >= 11 is 0. The van der Waals surface area contributed by atoms with Gasteiger partial charge in [-0.1, -0.05) is 0 Å². The van der Waals surface area contributed by atoms with Crippen LogP contribution in [0, 0.1) is 0 Å². The van der Waals surface area contributed by atoms with Crippen LogP contribution in [0.1, 0.15) is 25.7 Å². The van der Waals surface area contributed by atoms with Crippen molar-refractivity contribution in [1.29, 1.82) is 0 Å². The highest BCUT2D eigenvalue weighted by atomic mass is 16.4. The molecule has 0 radical (unpaired) electrons. The monoisotopic (exact) mass is 169 g/mol. The summed E-state index contributed by atoms with van der Waals surface area (Å²) in [7, 11) is 0. The predicted octanol–water partition coefficient (Wildman–Crippen LogP) is 0.860. The van der Waals surface area contributed by atoms with Gasteiger partial charge in [0, 0.05) is 12.5 Å². The summed E-state index contributed by atoms with van der Waals surface area (Å²) in [4.78, 5) is 23.3. The molecule has 1 amide bonds. The summed E-state index contributed by atoms with van der Waals surface area (Å²) in [6.45, 7) is 0. The van der Waals surface area contributed by atoms with Gasteiger partial charge < -0.3 is 5.11 Å². The standard InChI is InChI=1S/C8H11NO3/c10-7-4-5-2-1-3-6(7)9(5)8(11)12/h5-6H,1-4H2,(H,11,12). The number of rotatable bonds is 0. The minimum absolute atomic E-state index is 0.0197. The van der Waals surface area contributed by atoms with Gasteiger partial charge in [0.1, 0.15) is 0 Å². The fourth-order valence-electron chi connectivity index (χ4n) is 2.25. The van der Waals surface area contributed by atoms with Gasteiger partial charge in [-0.05, 0) is 19.3 Å². The lowest BCUT2D eigenvalue weighted by molar-refractivity contribution is -0.119. The lowest BCUT2D eigenvalue weighted by atomic mass is 10.0. The number of Topliss-reactive ketones (excluding diaryl/α,β-unsaturated/α-hetero) is 1. The average molecular weight is 169 g/mol. The average Bonchev–Trinajstić information content (AvgIpc) is 2.20. The van der Waals surface area contributed by atoms with Crippen LogP contribution in [-0.4, -0.2) is 34.0 Å². The quantitative estimate of drug-likeness (QED) is 0.585. The smallest absolute Gasteiger partial charge is 0.408 e. The van der Waals surface area contributed by atoms with Crippen LogP contribution in [0.15, 0.2) is 0 Å². The summed E-state index contributed by atoms with van der Waals surface area (Å²) in [5.41, 5.74) is 0. The number of piperidine rings is 1. The highest BCUT2D eigenvalue weighted by Crippen LogP contribution is 2.32. The SMILES string of the molecule is O=C1CC2CCCC1N2C(=O)O. The van der Waals surface area contributed by atoms with Crippen molar-refractivity contribution in [3.63, 3.8) is 0 Å². The molecule has 0 spiro atoms. The van der Waals surface area contributed by atoms with E-state index in [4.69, 9.17) is 5.11 Å². The Hall–Kier alpha value is -1.06. The molecule has 2 bridgehead atoms. The van der Waals surface area contributed by atoms with Crippen LogP contribution in [0.3, 0.4) is 0 Å². The molecule has 2 rings (SSSR count). The van der Waals surface area contributed by atoms with Crippen molar-refractivity contribution in [2.45, 2.75) is 37.8 Å². The van der Waals surface area contributed by atoms with Crippen molar-refractivity contribution in [1.82, 2.24) is 4.90 Å². The van der Waals surface area contributed by atoms with Crippen LogP contribution in [0.25, 0.3) is 0 Å². The Balaban J connectivity index is 2.25. The Morgan fingerprint density at radius 2 is 2.25 bits per heavy atom. The molecule has 0 aliphatic carbocycles. The first-order valence-electron chi connectivity index (χ1n) is 4.24. The number of amides is 1. The molecular formula is C8H11NO3. The van der Waals surface area contributed by atoms with Crippen molar-refractivity contribution >= 4 is 11.9 Å². The molecule has 12 heavy (non-hydrogen) atoms. The highest BCUT2D eigenvalue weighted by Gasteiger charge is 2.45. The van der Waals surface area contributed by atoms with Crippen LogP contribution in [-0.2, 0) is 4.79 Å². The minimum Gasteiger partial charge on any atom is -0.465 e. The maximum atomic E-state index is 11.3. The second-order valence-electron chi connectivity index (χ2n) is 3.46. The topological polar surface area (TPSA) is 57.6 Å². The minimum atomic E-state index is -0.935. The van der Waals surface area contributed by atoms with Crippen LogP contribution >= 0.6 is 0 Å². The number of carboxylic acid groups (broad SMARTS) is 1. The third-order valence-corrected chi connectivity index (χ3v) is 2.77. The molecule has 2 unspecified atom stereocenters. The zero-order valence-corrected chi connectivity index (χ0v) is 6.69. The van der Waals surface area contributed by atoms with E-state index in [1.807, 2.05) is 0 Å². The van der Waals surface area contributed by atoms with Gasteiger partial charge in [0.05, 0.1) is 6.04 Å². The Morgan fingerprint density at radius 3 is 2.75 bits per heavy atom. The third kappa shape index (κ3) is 0.906. The van der Waals surface area contributed by atoms with E-state index < -0.39 is 6.09 Å². The molecule has 2 heterocycles. The third-order valence-electron chi connectivity index (χ3n) is 2.77. The molecule has 0 aromatic rings. The number of hydrogen-bond acceptors (Lipinski definition) is 2. The molecular weight excluding hydrogens is 158 g/mol. The summed E-state index contributed by atoms with van der Waals surface area (Å²) < 4.78 is 0. The van der Waals surface area contributed by atoms with Crippen molar-refractivity contribution in [2.75, 3.05) is 0 Å². The van der Waals surface area contributed by atoms with Crippen LogP contribution < -0.4 is 0 Å². The molecule has 4 heteroatoms. The molecule has 0 aromatic heterocycles. The largest absolute Gasteiger partial charge is 0.465 e. The Labute approximate surface area is 70.2 Å². The van der Waals surface area contributed by atoms with Gasteiger partial charge in [-0.15, -0.1) is 0 Å². The lowest BCUT2D eigenvalue weighted by Gasteiger charge is -2.30. The molecule has 2 atom stereocenters. The number of nitrogens with zero attached hydrogens (tertiary/aromatic N) is 1. The van der Waals surface area contributed by atoms with Crippen molar-refractivity contribution in [2.24, 2.45) is 0 Å². The molecule has 66 valence electrons. The summed E-state index contributed by atoms with van der Waals surface area (Å²) in [5.74, 6) is 0.111. The van der Waals surface area contributed by atoms with Gasteiger partial charge in [0.2, 0.25) is 0 Å². The molecule has 4 nitrogen and oxygen atoms in total. The van der Waals surface area contributed by atoms with Gasteiger partial charge in [0.15, 0.2) is 5.78 Å². The van der Waals surface area contributed by atoms with Gasteiger partial charge in [-0.2, -0.15) is 0 Å². The second kappa shape index (κ2) is 2.47. The van der Waals surface area contributed by atoms with Crippen molar-refractivity contribution in [3.05, 3.63) is 0 Å². The maximum absolute atomic E-state index is 11.3. The first-order chi connectivity index (χ1) is 5.70. The Morgan fingerprint density at radius 1 is 1.50 bits per heavy atom. The first kappa shape index (κ1) is 7.58. The number of ketones is 1. The first-order valence-corrected chi connectivity index (χ1v) is 4.24. The van der Waals surface area contributed by atoms with E-state index >= 15 is 0 Å². The van der Waals surface area contributed by atoms with Crippen LogP contribution in [0.4, 0.5) is 4.79 Å². The van der Waals surface area contributed by atoms with Gasteiger partial charge >= 0.3 is 6.09 Å². The molecule has 2 aliphatic heterocycles. The van der Waals surface area contributed by atoms with Gasteiger partial charge in [-0.3, -0.25) is 9.69 Å². The number of hydrogen-bond donors (Lipinski definition) is 1. The van der Waals surface area contributed by atoms with Crippen LogP contribution in [0.5, 0.6) is 0 Å². The maximum Gasteiger partial charge on any atom is 0.408 e. The fraction of sp³-hybridized carbons (Fsp3) is 0.750. The van der Waals surface area contributed by atoms with E-state index in [9.17, 15) is 9.59 Å². The number of carbonyl (C=O) groups excluding carboxylic acids is 1. The summed E-state index contributed by atoms with van der Waals surface area (Å²) in [5, 5.41) is 8.81. The normalized spacial score (nSPS) is 34.0. The van der Waals surface area contributed by atoms with E-state index in [1.165, 1.54) is 4.90 Å². The molecule has 2 saturated heterocycles. The Kier molecular flexibility index (Phi) is 1.56. The number of carbonyl (C=O) groups is 2. The summed E-state index contributed by atoms with van der Waals surface area (Å²) in [6, 6.07) is -0.338. The van der Waals surface area contributed by atoms with Crippen LogP contribution in [0.2, 0.25) is 0 Å². The predicted molar refractivity (Wildman–Crippen MR) is 40.9 cm³/mol. The van der Waals surface area contributed by atoms with E-state index in [0.717, 1.165) is 19.3 Å². The molecule has 0 aromatic carbocycles. The van der Waals surface area contributed by atoms with Crippen molar-refractivity contribution < 1.29 is 14.7 Å². The van der Waals surface area contributed by atoms with E-state index in [0.29, 0.717) is 6.42 Å². The zero-order chi connectivity index (χ0) is 8.72. The molecule has 2 aliphatic rings. The molecule has 2 fully saturated rings. The van der Waals surface area contributed by atoms with E-state index in [2.05, 4.69) is 0 Å². The Bertz CT molecular complexity index is 238. The van der Waals surface area contributed by atoms with Gasteiger partial charge in [-0.25, -0.2) is 4.79 Å². The fourth-order valence-corrected chi connectivity index (χ4v) is 2.25. The van der Waals surface area contributed by atoms with Crippen molar-refractivity contribution in [3.8, 4) is 0 Å². The zero-order valence-electron chi connectivity index (χ0n) is 6.69. The van der Waals surface area contributed by atoms with Gasteiger partial charge in [0.25, 0.3) is 0 Å². The highest BCUT2D eigenvalue weighted by molar-refractivity contribution is 5.91. The lowest BCUT2D eigenvalue weighted by Crippen LogP contribution is -2.44. The second-order valence-corrected chi connectivity index (χ2v) is 3.46.